The number of aliphatic carboxylic acids is 1. The number of phenols is 1. The van der Waals surface area contributed by atoms with Gasteiger partial charge in [-0.25, -0.2) is 10.9 Å². The smallest absolute Gasteiger partial charge is 0.303 e. The minimum Gasteiger partial charge on any atom is -0.508 e. The second-order valence-electron chi connectivity index (χ2n) is 37.4. The van der Waals surface area contributed by atoms with E-state index in [9.17, 15) is 82.4 Å². The minimum absolute atomic E-state index is 0.0636. The van der Waals surface area contributed by atoms with Crippen molar-refractivity contribution in [3.05, 3.63) is 114 Å². The molecule has 40 heteroatoms. The second-order valence-corrected chi connectivity index (χ2v) is 37.4. The van der Waals surface area contributed by atoms with Crippen molar-refractivity contribution in [3.63, 3.8) is 0 Å². The number of phenolic OH excluding ortho intramolecular Hbond substituents is 1. The lowest BCUT2D eigenvalue weighted by atomic mass is 9.89. The molecule has 0 aliphatic carbocycles. The Kier molecular flexibility index (Phi) is 47.1. The van der Waals surface area contributed by atoms with Gasteiger partial charge in [-0.15, -0.1) is 0 Å². The van der Waals surface area contributed by atoms with E-state index in [4.69, 9.17) is 5.73 Å². The van der Waals surface area contributed by atoms with Gasteiger partial charge >= 0.3 is 5.97 Å². The summed E-state index contributed by atoms with van der Waals surface area (Å²) in [4.78, 5) is 284. The van der Waals surface area contributed by atoms with Crippen molar-refractivity contribution in [2.24, 2.45) is 29.4 Å². The Hall–Kier alpha value is -12.8. The molecular formula is C98H143N17O23. The molecule has 13 amide bonds. The average Bonchev–Trinajstić information content (AvgIpc) is 1.44. The number of allylic oxidation sites excluding steroid dienone is 2. The number of fused-ring (bicyclic) bond motifs is 1. The van der Waals surface area contributed by atoms with E-state index in [1.165, 1.54) is 100 Å². The second kappa shape index (κ2) is 56.2. The van der Waals surface area contributed by atoms with E-state index < -0.39 is 246 Å². The van der Waals surface area contributed by atoms with Crippen LogP contribution in [0.1, 0.15) is 230 Å². The first kappa shape index (κ1) is 116. The van der Waals surface area contributed by atoms with E-state index in [2.05, 4.69) is 85.0 Å². The highest BCUT2D eigenvalue weighted by molar-refractivity contribution is 6.41. The van der Waals surface area contributed by atoms with Crippen LogP contribution in [0.15, 0.2) is 97.2 Å². The Labute approximate surface area is 804 Å². The highest BCUT2D eigenvalue weighted by Crippen LogP contribution is 2.25. The molecule has 21 N–H and O–H groups in total. The molecule has 2 heterocycles. The van der Waals surface area contributed by atoms with Crippen LogP contribution in [0.5, 0.6) is 5.75 Å². The van der Waals surface area contributed by atoms with Gasteiger partial charge < -0.3 is 95.2 Å². The van der Waals surface area contributed by atoms with Crippen LogP contribution in [0.2, 0.25) is 0 Å². The fourth-order valence-electron chi connectivity index (χ4n) is 15.4. The number of Topliss-reactive ketones (excluding diaryl/α,β-unsaturated/α-hetero) is 6. The quantitative estimate of drug-likeness (QED) is 0.0172. The van der Waals surface area contributed by atoms with Crippen molar-refractivity contribution in [1.82, 2.24) is 85.0 Å². The number of ketones is 6. The molecule has 5 rings (SSSR count). The number of amides is 13. The number of aromatic nitrogens is 1. The fraction of sp³-hybridized carbons (Fsp3) is 0.571. The number of nitrogens with two attached hydrogens (primary N) is 1. The Morgan fingerprint density at radius 1 is 0.529 bits per heavy atom. The Morgan fingerprint density at radius 2 is 1.10 bits per heavy atom. The van der Waals surface area contributed by atoms with E-state index >= 15 is 28.8 Å². The van der Waals surface area contributed by atoms with E-state index in [-0.39, 0.29) is 93.5 Å². The average molecular weight is 1930 g/mol. The monoisotopic (exact) mass is 1930 g/mol. The van der Waals surface area contributed by atoms with Gasteiger partial charge in [-0.2, -0.15) is 0 Å². The summed E-state index contributed by atoms with van der Waals surface area (Å²) in [6, 6.07) is 1.38. The highest BCUT2D eigenvalue weighted by atomic mass is 16.4. The zero-order chi connectivity index (χ0) is 103. The molecule has 0 fully saturated rings. The minimum atomic E-state index is -2.08. The van der Waals surface area contributed by atoms with Crippen LogP contribution in [0.3, 0.4) is 0 Å². The standard InChI is InChI=1S/C98H143N17O23/c1-53(2)45-68-52-101-72(39-41-79(99)121)85(127)83(125)58(8)103-90(132)77(50-67-51-100-71-34-28-27-33-70(67)71)108-91(133)75(49-66-35-37-69(119)38-36-66)107-89(131)73(40-42-80(122)123)110-96(138)98(16,113-93(135)76(48-65-31-25-24-26-32-65)109-94(136)81(63(13)117)111-92(134)74(46-54(3)4)106-64(14)118)44-30-23-21-19-17-18-20-22-29-43-97(15,112-88(68)130)95(137)105-61(11)87(129)104-60(10)86(128)102-57(7)82(124)84(126)59(9)115-114-56(6)78(120)47-55(5)62(12)116/h18,20,24-28,31-38,51,53-61,63,68,72-77,81,100-101,114-115,117,119H,17,19,21-23,29-30,39-50,52H2,1-16H3,(H2,99,121)(H,102,128)(H,103,132)(H,104,129)(H,105,137)(H,106,118)(H,107,131)(H,108,133)(H,109,136)(H,110,138)(H,111,134)(H,112,130)(H,113,135)(H,122,123)/b20-18+/t55-,56+,57-,58?,59-,60?,61-,63+,68+,72-,73-,74-,75?,76-,77-,81-,97-,98+/m0/s1. The van der Waals surface area contributed by atoms with Crippen molar-refractivity contribution >= 4 is 128 Å². The van der Waals surface area contributed by atoms with Crippen LogP contribution in [-0.2, 0) is 115 Å². The molecule has 0 saturated heterocycles. The number of aromatic amines is 1. The summed E-state index contributed by atoms with van der Waals surface area (Å²) in [7, 11) is 0. The van der Waals surface area contributed by atoms with Crippen LogP contribution < -0.4 is 85.7 Å². The van der Waals surface area contributed by atoms with Gasteiger partial charge in [0.1, 0.15) is 70.9 Å². The lowest BCUT2D eigenvalue weighted by Crippen LogP contribution is -2.65. The Balaban J connectivity index is 1.59. The summed E-state index contributed by atoms with van der Waals surface area (Å²) >= 11 is 0. The maximum absolute atomic E-state index is 15.6. The summed E-state index contributed by atoms with van der Waals surface area (Å²) < 4.78 is 0. The molecule has 1 aliphatic heterocycles. The number of aliphatic hydroxyl groups is 1. The first-order valence-electron chi connectivity index (χ1n) is 47.1. The zero-order valence-electron chi connectivity index (χ0n) is 81.9. The predicted octanol–water partition coefficient (Wildman–Crippen LogP) is 2.19. The predicted molar refractivity (Wildman–Crippen MR) is 511 cm³/mol. The van der Waals surface area contributed by atoms with Crippen LogP contribution in [0.4, 0.5) is 0 Å². The molecule has 1 aliphatic rings. The summed E-state index contributed by atoms with van der Waals surface area (Å²) in [5.41, 5.74) is 8.83. The number of carboxylic acid groups (broad SMARTS) is 1. The third kappa shape index (κ3) is 38.3. The number of H-pyrrole nitrogens is 1. The van der Waals surface area contributed by atoms with Crippen LogP contribution in [0, 0.1) is 23.7 Å². The Morgan fingerprint density at radius 3 is 1.71 bits per heavy atom. The maximum atomic E-state index is 15.6. The first-order chi connectivity index (χ1) is 64.8. The van der Waals surface area contributed by atoms with E-state index in [1.807, 2.05) is 12.2 Å². The van der Waals surface area contributed by atoms with E-state index in [0.717, 1.165) is 0 Å². The topological polar surface area (TPSA) is 624 Å². The van der Waals surface area contributed by atoms with Crippen LogP contribution in [0.25, 0.3) is 10.9 Å². The van der Waals surface area contributed by atoms with Gasteiger partial charge in [-0.05, 0) is 180 Å². The molecule has 0 bridgehead atoms. The molecule has 0 radical (unpaired) electrons. The number of aromatic hydroxyl groups is 1. The van der Waals surface area contributed by atoms with Gasteiger partial charge in [-0.3, -0.25) is 95.9 Å². The van der Waals surface area contributed by atoms with Gasteiger partial charge in [0, 0.05) is 75.0 Å². The fourth-order valence-corrected chi connectivity index (χ4v) is 15.4. The number of nitrogens with one attached hydrogen (secondary N) is 16. The molecule has 138 heavy (non-hydrogen) atoms. The maximum Gasteiger partial charge on any atom is 0.303 e. The van der Waals surface area contributed by atoms with Gasteiger partial charge in [0.05, 0.1) is 42.2 Å². The SMILES string of the molecule is CC(=O)N[C@@H](CC(C)C)C(=O)N[C@H](C(=O)N[C@@H](Cc1ccccc1)C(=O)N[C@]1(C)CCCCCC/C=C/CCC[C@@](C)(C(=O)N[C@@H](C)C(=O)NC(C)C(=O)N[C@@H](C)C(=O)C(=O)[C@H](C)NN[C@H](C)C(=O)C[C@H](C)C(C)=O)NC(=O)[C@H](CC(C)C)CN[C@@H](CCC(N)=O)C(=O)C(=O)C(C)NC(=O)[C@H](Cc2c[nH]c3ccccc23)NC(=O)C(Cc2ccc(O)cc2)NC(=O)[C@H](CCC(=O)O)NC1=O)[C@@H](C)O. The van der Waals surface area contributed by atoms with Gasteiger partial charge in [0.2, 0.25) is 99.9 Å². The van der Waals surface area contributed by atoms with Crippen molar-refractivity contribution in [3.8, 4) is 5.75 Å². The molecule has 3 aromatic carbocycles. The largest absolute Gasteiger partial charge is 0.508 e. The van der Waals surface area contributed by atoms with E-state index in [0.29, 0.717) is 59.7 Å². The number of aliphatic hydroxyl groups excluding tert-OH is 1. The molecule has 40 nitrogen and oxygen atoms in total. The molecule has 4 aromatic rings. The summed E-state index contributed by atoms with van der Waals surface area (Å²) in [5, 5.41) is 66.8. The summed E-state index contributed by atoms with van der Waals surface area (Å²) in [5.74, 6) is -20.6. The van der Waals surface area contributed by atoms with Gasteiger partial charge in [0.25, 0.3) is 0 Å². The van der Waals surface area contributed by atoms with Crippen molar-refractivity contribution in [1.29, 1.82) is 0 Å². The number of rotatable bonds is 40. The number of hydrogen-bond donors (Lipinski definition) is 20. The summed E-state index contributed by atoms with van der Waals surface area (Å²) in [6.45, 7) is 22.9. The molecule has 0 saturated carbocycles. The zero-order valence-corrected chi connectivity index (χ0v) is 81.9. The number of para-hydroxylation sites is 1. The Bertz CT molecular complexity index is 4960. The number of carbonyl (C=O) groups excluding carboxylic acids is 19. The van der Waals surface area contributed by atoms with Crippen LogP contribution >= 0.6 is 0 Å². The molecule has 3 unspecified atom stereocenters. The molecule has 758 valence electrons. The summed E-state index contributed by atoms with van der Waals surface area (Å²) in [6.07, 6.45) is 2.85. The number of primary amides is 1. The molecule has 0 spiro atoms. The van der Waals surface area contributed by atoms with Crippen LogP contribution in [-0.4, -0.2) is 240 Å². The van der Waals surface area contributed by atoms with Crippen molar-refractivity contribution in [2.75, 3.05) is 6.54 Å². The molecule has 1 aromatic heterocycles. The number of hydrogen-bond acceptors (Lipinski definition) is 25. The third-order valence-corrected chi connectivity index (χ3v) is 24.0. The van der Waals surface area contributed by atoms with Crippen molar-refractivity contribution < 1.29 is 111 Å². The van der Waals surface area contributed by atoms with Crippen molar-refractivity contribution in [2.45, 2.75) is 329 Å². The lowest BCUT2D eigenvalue weighted by molar-refractivity contribution is -0.140. The molecule has 18 atom stereocenters. The molecular weight excluding hydrogens is 1780 g/mol. The van der Waals surface area contributed by atoms with E-state index in [1.54, 1.807) is 95.4 Å². The normalized spacial score (nSPS) is 22.1. The van der Waals surface area contributed by atoms with Gasteiger partial charge in [-0.1, -0.05) is 127 Å². The third-order valence-electron chi connectivity index (χ3n) is 24.0. The number of hydrazine groups is 1. The van der Waals surface area contributed by atoms with Gasteiger partial charge in [0.15, 0.2) is 5.78 Å². The first-order valence-corrected chi connectivity index (χ1v) is 47.1. The number of benzene rings is 3. The number of carbonyl (C=O) groups is 20. The highest BCUT2D eigenvalue weighted by Gasteiger charge is 2.44. The number of carboxylic acids is 1. The lowest BCUT2D eigenvalue weighted by Gasteiger charge is -2.34.